The van der Waals surface area contributed by atoms with E-state index in [2.05, 4.69) is 15.8 Å². The van der Waals surface area contributed by atoms with Gasteiger partial charge in [-0.2, -0.15) is 11.8 Å². The summed E-state index contributed by atoms with van der Waals surface area (Å²) < 4.78 is 2.48. The van der Waals surface area contributed by atoms with Crippen LogP contribution in [-0.4, -0.2) is 20.6 Å². The highest BCUT2D eigenvalue weighted by atomic mass is 35.5. The second-order valence-corrected chi connectivity index (χ2v) is 6.29. The first-order chi connectivity index (χ1) is 8.13. The number of aromatic nitrogens is 2. The van der Waals surface area contributed by atoms with Crippen molar-refractivity contribution in [1.82, 2.24) is 9.55 Å². The Bertz CT molecular complexity index is 574. The lowest BCUT2D eigenvalue weighted by Crippen LogP contribution is -2.15. The molecule has 0 aliphatic heterocycles. The first kappa shape index (κ1) is 11.2. The van der Waals surface area contributed by atoms with Crippen LogP contribution in [0.15, 0.2) is 18.2 Å². The maximum absolute atomic E-state index is 5.99. The zero-order chi connectivity index (χ0) is 12.0. The molecule has 1 aliphatic carbocycles. The monoisotopic (exact) mass is 267 g/mol. The maximum atomic E-state index is 5.99. The lowest BCUT2D eigenvalue weighted by Gasteiger charge is -2.14. The molecule has 3 rings (SSSR count). The van der Waals surface area contributed by atoms with Gasteiger partial charge in [0.1, 0.15) is 0 Å². The largest absolute Gasteiger partial charge is 0.369 e. The van der Waals surface area contributed by atoms with Gasteiger partial charge in [0.15, 0.2) is 0 Å². The third kappa shape index (κ3) is 1.89. The highest BCUT2D eigenvalue weighted by Gasteiger charge is 2.42. The number of anilines is 1. The Morgan fingerprint density at radius 3 is 2.94 bits per heavy atom. The van der Waals surface area contributed by atoms with E-state index in [-0.39, 0.29) is 0 Å². The molecule has 17 heavy (non-hydrogen) atoms. The van der Waals surface area contributed by atoms with Gasteiger partial charge in [0, 0.05) is 16.3 Å². The van der Waals surface area contributed by atoms with Crippen molar-refractivity contribution in [2.45, 2.75) is 24.1 Å². The molecule has 1 heterocycles. The molecule has 3 nitrogen and oxygen atoms in total. The van der Waals surface area contributed by atoms with Crippen LogP contribution in [0.25, 0.3) is 11.0 Å². The van der Waals surface area contributed by atoms with E-state index in [9.17, 15) is 0 Å². The van der Waals surface area contributed by atoms with E-state index in [0.29, 0.717) is 15.7 Å². The van der Waals surface area contributed by atoms with Crippen LogP contribution in [0, 0.1) is 0 Å². The average molecular weight is 268 g/mol. The van der Waals surface area contributed by atoms with E-state index in [0.717, 1.165) is 17.6 Å². The van der Waals surface area contributed by atoms with Gasteiger partial charge in [-0.25, -0.2) is 4.98 Å². The standard InChI is InChI=1S/C12H14ClN3S/c1-17-12(4-5-12)7-16-10-3-2-8(13)6-9(10)15-11(16)14/h2-3,6H,4-5,7H2,1H3,(H2,14,15). The van der Waals surface area contributed by atoms with E-state index in [4.69, 9.17) is 17.3 Å². The summed E-state index contributed by atoms with van der Waals surface area (Å²) in [6.07, 6.45) is 4.70. The second-order valence-electron chi connectivity index (χ2n) is 4.58. The smallest absolute Gasteiger partial charge is 0.201 e. The normalized spacial score (nSPS) is 17.5. The van der Waals surface area contributed by atoms with Crippen molar-refractivity contribution >= 4 is 40.3 Å². The van der Waals surface area contributed by atoms with Crippen molar-refractivity contribution in [3.63, 3.8) is 0 Å². The van der Waals surface area contributed by atoms with Crippen LogP contribution in [0.2, 0.25) is 5.02 Å². The van der Waals surface area contributed by atoms with Crippen molar-refractivity contribution in [2.24, 2.45) is 0 Å². The van der Waals surface area contributed by atoms with Crippen molar-refractivity contribution in [1.29, 1.82) is 0 Å². The van der Waals surface area contributed by atoms with E-state index in [1.165, 1.54) is 12.8 Å². The number of hydrogen-bond donors (Lipinski definition) is 1. The Morgan fingerprint density at radius 1 is 1.53 bits per heavy atom. The summed E-state index contributed by atoms with van der Waals surface area (Å²) >= 11 is 7.89. The fourth-order valence-corrected chi connectivity index (χ4v) is 3.08. The summed E-state index contributed by atoms with van der Waals surface area (Å²) in [5.74, 6) is 0.586. The molecule has 0 saturated heterocycles. The number of imidazole rings is 1. The summed E-state index contributed by atoms with van der Waals surface area (Å²) in [6, 6.07) is 5.75. The zero-order valence-corrected chi connectivity index (χ0v) is 11.2. The summed E-state index contributed by atoms with van der Waals surface area (Å²) in [5.41, 5.74) is 7.95. The van der Waals surface area contributed by atoms with Gasteiger partial charge in [-0.1, -0.05) is 11.6 Å². The van der Waals surface area contributed by atoms with E-state index >= 15 is 0 Å². The molecule has 1 aromatic heterocycles. The second kappa shape index (κ2) is 3.82. The Hall–Kier alpha value is -0.870. The van der Waals surface area contributed by atoms with Gasteiger partial charge >= 0.3 is 0 Å². The van der Waals surface area contributed by atoms with Crippen LogP contribution in [0.3, 0.4) is 0 Å². The molecule has 1 saturated carbocycles. The minimum Gasteiger partial charge on any atom is -0.369 e. The van der Waals surface area contributed by atoms with Crippen molar-refractivity contribution in [2.75, 3.05) is 12.0 Å². The van der Waals surface area contributed by atoms with Gasteiger partial charge in [-0.15, -0.1) is 0 Å². The number of fused-ring (bicyclic) bond motifs is 1. The number of hydrogen-bond acceptors (Lipinski definition) is 3. The molecular weight excluding hydrogens is 254 g/mol. The molecule has 1 aromatic carbocycles. The first-order valence-corrected chi connectivity index (χ1v) is 7.20. The van der Waals surface area contributed by atoms with Crippen LogP contribution in [0.4, 0.5) is 5.95 Å². The number of rotatable bonds is 3. The quantitative estimate of drug-likeness (QED) is 0.929. The molecule has 1 aliphatic rings. The molecule has 0 unspecified atom stereocenters. The number of nitrogens with zero attached hydrogens (tertiary/aromatic N) is 2. The van der Waals surface area contributed by atoms with Crippen molar-refractivity contribution < 1.29 is 0 Å². The molecule has 0 atom stereocenters. The molecule has 2 N–H and O–H groups in total. The molecule has 0 amide bonds. The number of nitrogen functional groups attached to an aromatic ring is 1. The van der Waals surface area contributed by atoms with Gasteiger partial charge in [-0.3, -0.25) is 0 Å². The fraction of sp³-hybridized carbons (Fsp3) is 0.417. The van der Waals surface area contributed by atoms with Crippen LogP contribution in [-0.2, 0) is 6.54 Å². The van der Waals surface area contributed by atoms with Gasteiger partial charge in [0.05, 0.1) is 11.0 Å². The van der Waals surface area contributed by atoms with Crippen molar-refractivity contribution in [3.05, 3.63) is 23.2 Å². The minimum atomic E-state index is 0.376. The van der Waals surface area contributed by atoms with Gasteiger partial charge in [-0.05, 0) is 37.3 Å². The maximum Gasteiger partial charge on any atom is 0.201 e. The highest BCUT2D eigenvalue weighted by Crippen LogP contribution is 2.49. The highest BCUT2D eigenvalue weighted by molar-refractivity contribution is 8.00. The Labute approximate surface area is 109 Å². The minimum absolute atomic E-state index is 0.376. The van der Waals surface area contributed by atoms with E-state index in [1.807, 2.05) is 30.0 Å². The fourth-order valence-electron chi connectivity index (χ4n) is 2.14. The SMILES string of the molecule is CSC1(Cn2c(N)nc3cc(Cl)ccc32)CC1. The number of thioether (sulfide) groups is 1. The third-order valence-corrected chi connectivity index (χ3v) is 5.07. The molecule has 5 heteroatoms. The van der Waals surface area contributed by atoms with E-state index in [1.54, 1.807) is 0 Å². The van der Waals surface area contributed by atoms with Crippen molar-refractivity contribution in [3.8, 4) is 0 Å². The molecule has 2 aromatic rings. The summed E-state index contributed by atoms with van der Waals surface area (Å²) in [6.45, 7) is 0.943. The summed E-state index contributed by atoms with van der Waals surface area (Å²) in [4.78, 5) is 4.37. The molecule has 1 fully saturated rings. The van der Waals surface area contributed by atoms with Crippen LogP contribution in [0.5, 0.6) is 0 Å². The Kier molecular flexibility index (Phi) is 2.52. The van der Waals surface area contributed by atoms with Crippen LogP contribution >= 0.6 is 23.4 Å². The number of benzene rings is 1. The summed E-state index contributed by atoms with van der Waals surface area (Å²) in [5, 5.41) is 0.702. The van der Waals surface area contributed by atoms with Crippen LogP contribution in [0.1, 0.15) is 12.8 Å². The number of halogens is 1. The molecule has 0 bridgehead atoms. The third-order valence-electron chi connectivity index (χ3n) is 3.43. The van der Waals surface area contributed by atoms with Gasteiger partial charge in [0.25, 0.3) is 0 Å². The lowest BCUT2D eigenvalue weighted by molar-refractivity contribution is 0.687. The zero-order valence-electron chi connectivity index (χ0n) is 9.61. The summed E-state index contributed by atoms with van der Waals surface area (Å²) in [7, 11) is 0. The van der Waals surface area contributed by atoms with E-state index < -0.39 is 0 Å². The average Bonchev–Trinajstić information content (AvgIpc) is 3.01. The topological polar surface area (TPSA) is 43.8 Å². The Morgan fingerprint density at radius 2 is 2.29 bits per heavy atom. The Balaban J connectivity index is 2.06. The molecular formula is C12H14ClN3S. The lowest BCUT2D eigenvalue weighted by atomic mass is 10.3. The predicted octanol–water partition coefficient (Wildman–Crippen LogP) is 3.17. The molecule has 0 radical (unpaired) electrons. The van der Waals surface area contributed by atoms with Gasteiger partial charge in [0.2, 0.25) is 5.95 Å². The molecule has 90 valence electrons. The number of nitrogens with two attached hydrogens (primary N) is 1. The molecule has 0 spiro atoms. The van der Waals surface area contributed by atoms with Gasteiger partial charge < -0.3 is 10.3 Å². The first-order valence-electron chi connectivity index (χ1n) is 5.60. The predicted molar refractivity (Wildman–Crippen MR) is 74.6 cm³/mol. The van der Waals surface area contributed by atoms with Crippen LogP contribution < -0.4 is 5.73 Å².